The van der Waals surface area contributed by atoms with Crippen molar-refractivity contribution in [2.45, 2.75) is 36.6 Å². The molecule has 1 aromatic carbocycles. The Morgan fingerprint density at radius 2 is 1.81 bits per heavy atom. The summed E-state index contributed by atoms with van der Waals surface area (Å²) in [5.74, 6) is 0.0276. The van der Waals surface area contributed by atoms with Gasteiger partial charge in [-0.2, -0.15) is 5.26 Å². The SMILES string of the molecule is CN1CCC(C#N)(NC(=O)C2(c3ccccc3)CC2)CC1. The lowest BCUT2D eigenvalue weighted by molar-refractivity contribution is -0.125. The molecule has 1 saturated heterocycles. The van der Waals surface area contributed by atoms with Crippen LogP contribution >= 0.6 is 0 Å². The Hall–Kier alpha value is -1.86. The van der Waals surface area contributed by atoms with Crippen molar-refractivity contribution in [2.75, 3.05) is 20.1 Å². The Kier molecular flexibility index (Phi) is 3.46. The van der Waals surface area contributed by atoms with Crippen LogP contribution < -0.4 is 5.32 Å². The number of carbonyl (C=O) groups excluding carboxylic acids is 1. The zero-order valence-corrected chi connectivity index (χ0v) is 12.4. The molecule has 0 unspecified atom stereocenters. The van der Waals surface area contributed by atoms with Crippen molar-refractivity contribution in [3.8, 4) is 6.07 Å². The van der Waals surface area contributed by atoms with Crippen LogP contribution in [0.4, 0.5) is 0 Å². The first-order valence-corrected chi connectivity index (χ1v) is 7.58. The number of nitriles is 1. The van der Waals surface area contributed by atoms with Crippen LogP contribution in [-0.2, 0) is 10.2 Å². The monoisotopic (exact) mass is 283 g/mol. The summed E-state index contributed by atoms with van der Waals surface area (Å²) >= 11 is 0. The van der Waals surface area contributed by atoms with Crippen LogP contribution in [0, 0.1) is 11.3 Å². The van der Waals surface area contributed by atoms with Gasteiger partial charge in [-0.15, -0.1) is 0 Å². The van der Waals surface area contributed by atoms with Crippen molar-refractivity contribution in [3.05, 3.63) is 35.9 Å². The lowest BCUT2D eigenvalue weighted by Crippen LogP contribution is -2.56. The summed E-state index contributed by atoms with van der Waals surface area (Å²) in [5, 5.41) is 12.6. The molecule has 3 rings (SSSR count). The van der Waals surface area contributed by atoms with Gasteiger partial charge in [0.1, 0.15) is 5.54 Å². The van der Waals surface area contributed by atoms with Crippen LogP contribution in [0.2, 0.25) is 0 Å². The third-order valence-corrected chi connectivity index (χ3v) is 4.92. The molecule has 2 fully saturated rings. The number of rotatable bonds is 3. The molecule has 4 heteroatoms. The molecule has 1 aliphatic carbocycles. The van der Waals surface area contributed by atoms with Gasteiger partial charge in [-0.25, -0.2) is 0 Å². The maximum Gasteiger partial charge on any atom is 0.231 e. The zero-order chi connectivity index (χ0) is 14.9. The van der Waals surface area contributed by atoms with Crippen LogP contribution in [-0.4, -0.2) is 36.5 Å². The summed E-state index contributed by atoms with van der Waals surface area (Å²) < 4.78 is 0. The van der Waals surface area contributed by atoms with E-state index in [0.29, 0.717) is 12.8 Å². The highest BCUT2D eigenvalue weighted by atomic mass is 16.2. The standard InChI is InChI=1S/C17H21N3O/c1-20-11-9-16(13-18,10-12-20)19-15(21)17(7-8-17)14-5-3-2-4-6-14/h2-6H,7-12H2,1H3,(H,19,21). The Morgan fingerprint density at radius 3 is 2.33 bits per heavy atom. The van der Waals surface area contributed by atoms with Gasteiger partial charge in [0.25, 0.3) is 0 Å². The van der Waals surface area contributed by atoms with Crippen LogP contribution in [0.5, 0.6) is 0 Å². The quantitative estimate of drug-likeness (QED) is 0.920. The first-order chi connectivity index (χ1) is 10.1. The van der Waals surface area contributed by atoms with Crippen LogP contribution in [0.3, 0.4) is 0 Å². The van der Waals surface area contributed by atoms with E-state index in [1.807, 2.05) is 30.3 Å². The molecule has 1 aromatic rings. The maximum absolute atomic E-state index is 12.8. The minimum absolute atomic E-state index is 0.0276. The van der Waals surface area contributed by atoms with Crippen molar-refractivity contribution >= 4 is 5.91 Å². The first-order valence-electron chi connectivity index (χ1n) is 7.58. The molecule has 21 heavy (non-hydrogen) atoms. The van der Waals surface area contributed by atoms with Crippen LogP contribution in [0.1, 0.15) is 31.2 Å². The predicted molar refractivity (Wildman–Crippen MR) is 80.6 cm³/mol. The predicted octanol–water partition coefficient (Wildman–Crippen LogP) is 1.82. The minimum atomic E-state index is -0.687. The van der Waals surface area contributed by atoms with Crippen LogP contribution in [0.25, 0.3) is 0 Å². The Labute approximate surface area is 125 Å². The van der Waals surface area contributed by atoms with Gasteiger partial charge >= 0.3 is 0 Å². The first kappa shape index (κ1) is 14.1. The highest BCUT2D eigenvalue weighted by Gasteiger charge is 2.53. The zero-order valence-electron chi connectivity index (χ0n) is 12.4. The van der Waals surface area contributed by atoms with E-state index in [9.17, 15) is 10.1 Å². The van der Waals surface area contributed by atoms with E-state index in [2.05, 4.69) is 23.3 Å². The Morgan fingerprint density at radius 1 is 1.19 bits per heavy atom. The Balaban J connectivity index is 1.76. The molecule has 0 radical (unpaired) electrons. The van der Waals surface area contributed by atoms with Gasteiger partial charge in [0.2, 0.25) is 5.91 Å². The lowest BCUT2D eigenvalue weighted by atomic mass is 9.87. The number of likely N-dealkylation sites (tertiary alicyclic amines) is 1. The number of hydrogen-bond acceptors (Lipinski definition) is 3. The molecule has 0 bridgehead atoms. The molecule has 0 aromatic heterocycles. The fourth-order valence-corrected chi connectivity index (χ4v) is 3.13. The summed E-state index contributed by atoms with van der Waals surface area (Å²) in [6.07, 6.45) is 3.17. The molecule has 1 aliphatic heterocycles. The van der Waals surface area contributed by atoms with Gasteiger partial charge in [0, 0.05) is 13.1 Å². The van der Waals surface area contributed by atoms with Crippen LogP contribution in [0.15, 0.2) is 30.3 Å². The number of nitrogens with one attached hydrogen (secondary N) is 1. The molecule has 1 saturated carbocycles. The lowest BCUT2D eigenvalue weighted by Gasteiger charge is -2.37. The molecule has 0 atom stereocenters. The molecule has 4 nitrogen and oxygen atoms in total. The van der Waals surface area contributed by atoms with Crippen molar-refractivity contribution < 1.29 is 4.79 Å². The number of nitrogens with zero attached hydrogens (tertiary/aromatic N) is 2. The average Bonchev–Trinajstić information content (AvgIpc) is 3.33. The minimum Gasteiger partial charge on any atom is -0.337 e. The third kappa shape index (κ3) is 2.54. The maximum atomic E-state index is 12.8. The summed E-state index contributed by atoms with van der Waals surface area (Å²) in [5.41, 5.74) is -0.00823. The summed E-state index contributed by atoms with van der Waals surface area (Å²) in [4.78, 5) is 15.0. The van der Waals surface area contributed by atoms with E-state index < -0.39 is 11.0 Å². The number of piperidine rings is 1. The van der Waals surface area contributed by atoms with E-state index in [-0.39, 0.29) is 5.91 Å². The normalized spacial score (nSPS) is 23.0. The number of amides is 1. The highest BCUT2D eigenvalue weighted by Crippen LogP contribution is 2.48. The van der Waals surface area contributed by atoms with E-state index in [1.165, 1.54) is 0 Å². The van der Waals surface area contributed by atoms with E-state index in [4.69, 9.17) is 0 Å². The molecule has 1 amide bonds. The largest absolute Gasteiger partial charge is 0.337 e. The van der Waals surface area contributed by atoms with Gasteiger partial charge in [0.15, 0.2) is 0 Å². The average molecular weight is 283 g/mol. The van der Waals surface area contributed by atoms with E-state index >= 15 is 0 Å². The number of benzene rings is 1. The second kappa shape index (κ2) is 5.16. The fraction of sp³-hybridized carbons (Fsp3) is 0.529. The van der Waals surface area contributed by atoms with Gasteiger partial charge in [-0.3, -0.25) is 4.79 Å². The van der Waals surface area contributed by atoms with Crippen molar-refractivity contribution in [2.24, 2.45) is 0 Å². The van der Waals surface area contributed by atoms with E-state index in [0.717, 1.165) is 31.5 Å². The van der Waals surface area contributed by atoms with Gasteiger partial charge in [-0.05, 0) is 38.3 Å². The van der Waals surface area contributed by atoms with Gasteiger partial charge < -0.3 is 10.2 Å². The highest BCUT2D eigenvalue weighted by molar-refractivity contribution is 5.92. The van der Waals surface area contributed by atoms with Crippen molar-refractivity contribution in [1.29, 1.82) is 5.26 Å². The van der Waals surface area contributed by atoms with Crippen molar-refractivity contribution in [1.82, 2.24) is 10.2 Å². The Bertz CT molecular complexity index is 563. The molecule has 0 spiro atoms. The molecule has 1 heterocycles. The van der Waals surface area contributed by atoms with Gasteiger partial charge in [0.05, 0.1) is 11.5 Å². The second-order valence-electron chi connectivity index (χ2n) is 6.40. The number of hydrogen-bond donors (Lipinski definition) is 1. The third-order valence-electron chi connectivity index (χ3n) is 4.92. The molecular weight excluding hydrogens is 262 g/mol. The summed E-state index contributed by atoms with van der Waals surface area (Å²) in [6, 6.07) is 12.3. The smallest absolute Gasteiger partial charge is 0.231 e. The topological polar surface area (TPSA) is 56.1 Å². The molecule has 2 aliphatic rings. The summed E-state index contributed by atoms with van der Waals surface area (Å²) in [6.45, 7) is 1.71. The number of carbonyl (C=O) groups is 1. The molecular formula is C17H21N3O. The van der Waals surface area contributed by atoms with Crippen molar-refractivity contribution in [3.63, 3.8) is 0 Å². The van der Waals surface area contributed by atoms with E-state index in [1.54, 1.807) is 0 Å². The molecule has 1 N–H and O–H groups in total. The summed E-state index contributed by atoms with van der Waals surface area (Å²) in [7, 11) is 2.05. The molecule has 110 valence electrons. The van der Waals surface area contributed by atoms with Gasteiger partial charge in [-0.1, -0.05) is 30.3 Å². The fourth-order valence-electron chi connectivity index (χ4n) is 3.13. The second-order valence-corrected chi connectivity index (χ2v) is 6.40.